The normalized spacial score (nSPS) is 10.0. The van der Waals surface area contributed by atoms with Crippen molar-refractivity contribution in [2.24, 2.45) is 0 Å². The number of rotatable bonds is 7. The van der Waals surface area contributed by atoms with Gasteiger partial charge in [-0.25, -0.2) is 0 Å². The molecule has 0 spiro atoms. The number of ether oxygens (including phenoxy) is 2. The predicted molar refractivity (Wildman–Crippen MR) is 66.4 cm³/mol. The number of methoxy groups -OCH3 is 2. The van der Waals surface area contributed by atoms with E-state index in [1.54, 1.807) is 26.4 Å². The SMILES string of the molecule is COCCNCC(=O)Nc1ccccc1OC. The molecule has 94 valence electrons. The molecule has 1 aromatic rings. The summed E-state index contributed by atoms with van der Waals surface area (Å²) in [4.78, 5) is 11.6. The lowest BCUT2D eigenvalue weighted by atomic mass is 10.3. The van der Waals surface area contributed by atoms with Crippen LogP contribution >= 0.6 is 0 Å². The van der Waals surface area contributed by atoms with Crippen LogP contribution in [0.2, 0.25) is 0 Å². The first-order chi connectivity index (χ1) is 8.27. The zero-order valence-electron chi connectivity index (χ0n) is 10.2. The van der Waals surface area contributed by atoms with Crippen LogP contribution in [-0.4, -0.2) is 39.8 Å². The topological polar surface area (TPSA) is 59.6 Å². The molecular formula is C12H18N2O3. The van der Waals surface area contributed by atoms with Crippen molar-refractivity contribution < 1.29 is 14.3 Å². The Kier molecular flexibility index (Phi) is 6.06. The second-order valence-corrected chi connectivity index (χ2v) is 3.42. The van der Waals surface area contributed by atoms with E-state index in [4.69, 9.17) is 9.47 Å². The van der Waals surface area contributed by atoms with Crippen molar-refractivity contribution in [3.8, 4) is 5.75 Å². The fraction of sp³-hybridized carbons (Fsp3) is 0.417. The van der Waals surface area contributed by atoms with Gasteiger partial charge in [0.15, 0.2) is 0 Å². The number of para-hydroxylation sites is 2. The molecule has 0 bridgehead atoms. The molecule has 1 rings (SSSR count). The van der Waals surface area contributed by atoms with Gasteiger partial charge in [-0.05, 0) is 12.1 Å². The summed E-state index contributed by atoms with van der Waals surface area (Å²) in [5.41, 5.74) is 0.675. The molecule has 5 heteroatoms. The molecule has 0 fully saturated rings. The van der Waals surface area contributed by atoms with Gasteiger partial charge in [-0.3, -0.25) is 4.79 Å². The van der Waals surface area contributed by atoms with E-state index in [1.807, 2.05) is 12.1 Å². The van der Waals surface area contributed by atoms with E-state index < -0.39 is 0 Å². The Balaban J connectivity index is 2.39. The molecule has 0 saturated heterocycles. The first-order valence-electron chi connectivity index (χ1n) is 5.40. The number of carbonyl (C=O) groups excluding carboxylic acids is 1. The van der Waals surface area contributed by atoms with Gasteiger partial charge in [0.05, 0.1) is 25.9 Å². The number of hydrogen-bond donors (Lipinski definition) is 2. The molecule has 17 heavy (non-hydrogen) atoms. The van der Waals surface area contributed by atoms with E-state index in [0.29, 0.717) is 24.6 Å². The molecule has 0 aromatic heterocycles. The average Bonchev–Trinajstić information content (AvgIpc) is 2.35. The van der Waals surface area contributed by atoms with Crippen LogP contribution in [0.5, 0.6) is 5.75 Å². The number of carbonyl (C=O) groups is 1. The Morgan fingerprint density at radius 2 is 2.06 bits per heavy atom. The van der Waals surface area contributed by atoms with Crippen LogP contribution in [0.25, 0.3) is 0 Å². The third kappa shape index (κ3) is 4.84. The molecule has 1 amide bonds. The molecule has 0 aliphatic heterocycles. The summed E-state index contributed by atoms with van der Waals surface area (Å²) in [6.07, 6.45) is 0. The molecule has 0 aliphatic carbocycles. The number of benzene rings is 1. The Hall–Kier alpha value is -1.59. The highest BCUT2D eigenvalue weighted by molar-refractivity contribution is 5.93. The third-order valence-electron chi connectivity index (χ3n) is 2.15. The number of hydrogen-bond acceptors (Lipinski definition) is 4. The summed E-state index contributed by atoms with van der Waals surface area (Å²) in [7, 11) is 3.19. The predicted octanol–water partition coefficient (Wildman–Crippen LogP) is 0.870. The molecule has 0 atom stereocenters. The summed E-state index contributed by atoms with van der Waals surface area (Å²) < 4.78 is 10.00. The van der Waals surface area contributed by atoms with Gasteiger partial charge in [0.1, 0.15) is 5.75 Å². The van der Waals surface area contributed by atoms with Crippen molar-refractivity contribution in [2.75, 3.05) is 39.2 Å². The Bertz CT molecular complexity index is 355. The maximum atomic E-state index is 11.6. The summed E-state index contributed by atoms with van der Waals surface area (Å²) >= 11 is 0. The van der Waals surface area contributed by atoms with Crippen molar-refractivity contribution in [3.63, 3.8) is 0 Å². The van der Waals surface area contributed by atoms with Crippen LogP contribution in [0.15, 0.2) is 24.3 Å². The van der Waals surface area contributed by atoms with Gasteiger partial charge < -0.3 is 20.1 Å². The minimum Gasteiger partial charge on any atom is -0.495 e. The van der Waals surface area contributed by atoms with Crippen LogP contribution in [-0.2, 0) is 9.53 Å². The molecule has 5 nitrogen and oxygen atoms in total. The molecule has 0 heterocycles. The maximum absolute atomic E-state index is 11.6. The third-order valence-corrected chi connectivity index (χ3v) is 2.15. The standard InChI is InChI=1S/C12H18N2O3/c1-16-8-7-13-9-12(15)14-10-5-3-4-6-11(10)17-2/h3-6,13H,7-9H2,1-2H3,(H,14,15). The van der Waals surface area contributed by atoms with E-state index >= 15 is 0 Å². The Morgan fingerprint density at radius 1 is 1.29 bits per heavy atom. The van der Waals surface area contributed by atoms with Gasteiger partial charge in [-0.1, -0.05) is 12.1 Å². The van der Waals surface area contributed by atoms with Crippen LogP contribution in [0.1, 0.15) is 0 Å². The summed E-state index contributed by atoms with van der Waals surface area (Å²) in [5, 5.41) is 5.74. The van der Waals surface area contributed by atoms with Crippen molar-refractivity contribution in [2.45, 2.75) is 0 Å². The lowest BCUT2D eigenvalue weighted by molar-refractivity contribution is -0.115. The highest BCUT2D eigenvalue weighted by Crippen LogP contribution is 2.22. The van der Waals surface area contributed by atoms with Gasteiger partial charge >= 0.3 is 0 Å². The van der Waals surface area contributed by atoms with Gasteiger partial charge in [0.25, 0.3) is 0 Å². The van der Waals surface area contributed by atoms with Crippen LogP contribution < -0.4 is 15.4 Å². The first kappa shape index (κ1) is 13.5. The zero-order valence-corrected chi connectivity index (χ0v) is 10.2. The van der Waals surface area contributed by atoms with Crippen LogP contribution in [0.3, 0.4) is 0 Å². The Morgan fingerprint density at radius 3 is 2.76 bits per heavy atom. The maximum Gasteiger partial charge on any atom is 0.238 e. The lowest BCUT2D eigenvalue weighted by Crippen LogP contribution is -2.30. The minimum absolute atomic E-state index is 0.106. The molecular weight excluding hydrogens is 220 g/mol. The smallest absolute Gasteiger partial charge is 0.238 e. The van der Waals surface area contributed by atoms with E-state index in [1.165, 1.54) is 0 Å². The fourth-order valence-electron chi connectivity index (χ4n) is 1.32. The van der Waals surface area contributed by atoms with Crippen molar-refractivity contribution in [3.05, 3.63) is 24.3 Å². The molecule has 0 aliphatic rings. The zero-order chi connectivity index (χ0) is 12.5. The van der Waals surface area contributed by atoms with E-state index in [-0.39, 0.29) is 12.5 Å². The second-order valence-electron chi connectivity index (χ2n) is 3.42. The molecule has 2 N–H and O–H groups in total. The van der Waals surface area contributed by atoms with Gasteiger partial charge in [0, 0.05) is 13.7 Å². The molecule has 0 unspecified atom stereocenters. The number of nitrogens with one attached hydrogen (secondary N) is 2. The van der Waals surface area contributed by atoms with Gasteiger partial charge in [-0.2, -0.15) is 0 Å². The first-order valence-corrected chi connectivity index (χ1v) is 5.40. The van der Waals surface area contributed by atoms with Crippen molar-refractivity contribution in [1.29, 1.82) is 0 Å². The largest absolute Gasteiger partial charge is 0.495 e. The van der Waals surface area contributed by atoms with E-state index in [9.17, 15) is 4.79 Å². The monoisotopic (exact) mass is 238 g/mol. The Labute approximate surface area is 101 Å². The van der Waals surface area contributed by atoms with E-state index in [2.05, 4.69) is 10.6 Å². The second kappa shape index (κ2) is 7.65. The summed E-state index contributed by atoms with van der Waals surface area (Å²) in [6, 6.07) is 7.29. The summed E-state index contributed by atoms with van der Waals surface area (Å²) in [5.74, 6) is 0.545. The fourth-order valence-corrected chi connectivity index (χ4v) is 1.32. The molecule has 0 radical (unpaired) electrons. The highest BCUT2D eigenvalue weighted by atomic mass is 16.5. The summed E-state index contributed by atoms with van der Waals surface area (Å²) in [6.45, 7) is 1.49. The number of amides is 1. The lowest BCUT2D eigenvalue weighted by Gasteiger charge is -2.10. The quantitative estimate of drug-likeness (QED) is 0.692. The molecule has 1 aromatic carbocycles. The van der Waals surface area contributed by atoms with Crippen LogP contribution in [0, 0.1) is 0 Å². The highest BCUT2D eigenvalue weighted by Gasteiger charge is 2.05. The van der Waals surface area contributed by atoms with Gasteiger partial charge in [0.2, 0.25) is 5.91 Å². The average molecular weight is 238 g/mol. The minimum atomic E-state index is -0.106. The number of anilines is 1. The van der Waals surface area contributed by atoms with Gasteiger partial charge in [-0.15, -0.1) is 0 Å². The molecule has 0 saturated carbocycles. The van der Waals surface area contributed by atoms with E-state index in [0.717, 1.165) is 0 Å². The van der Waals surface area contributed by atoms with Crippen molar-refractivity contribution in [1.82, 2.24) is 5.32 Å². The van der Waals surface area contributed by atoms with Crippen LogP contribution in [0.4, 0.5) is 5.69 Å². The van der Waals surface area contributed by atoms with Crippen molar-refractivity contribution >= 4 is 11.6 Å².